The van der Waals surface area contributed by atoms with Crippen molar-refractivity contribution < 1.29 is 18.9 Å². The quantitative estimate of drug-likeness (QED) is 0.416. The average molecular weight is 167 g/mol. The van der Waals surface area contributed by atoms with Crippen LogP contribution in [-0.2, 0) is 0 Å². The Morgan fingerprint density at radius 3 is 2.83 bits per heavy atom. The predicted molar refractivity (Wildman–Crippen MR) is 46.4 cm³/mol. The number of hydrogen-bond acceptors (Lipinski definition) is 2. The standard InChI is InChI=1S/C9H6NS.Li/c1-2-6-10-8(4-1)9-5-3-7-11-9;/h1-2,4-7H;/q-1;+1. The first-order chi connectivity index (χ1) is 5.47. The number of nitrogens with zero attached hydrogens (tertiary/aromatic N) is 1. The Labute approximate surface area is 87.6 Å². The molecule has 0 unspecified atom stereocenters. The van der Waals surface area contributed by atoms with Gasteiger partial charge < -0.3 is 0 Å². The van der Waals surface area contributed by atoms with Crippen LogP contribution in [0.15, 0.2) is 35.8 Å². The molecule has 0 radical (unpaired) electrons. The molecule has 2 aromatic heterocycles. The number of aromatic nitrogens is 1. The molecule has 2 heterocycles. The van der Waals surface area contributed by atoms with Crippen LogP contribution in [0.4, 0.5) is 0 Å². The van der Waals surface area contributed by atoms with Gasteiger partial charge in [0.25, 0.3) is 0 Å². The molecule has 0 bridgehead atoms. The van der Waals surface area contributed by atoms with Crippen LogP contribution in [0.25, 0.3) is 10.6 Å². The van der Waals surface area contributed by atoms with E-state index in [1.807, 2.05) is 29.6 Å². The number of rotatable bonds is 1. The summed E-state index contributed by atoms with van der Waals surface area (Å²) in [6.45, 7) is 0. The summed E-state index contributed by atoms with van der Waals surface area (Å²) >= 11 is 1.66. The number of pyridine rings is 1. The topological polar surface area (TPSA) is 12.9 Å². The Balaban J connectivity index is 0.000000720. The molecule has 0 N–H and O–H groups in total. The van der Waals surface area contributed by atoms with E-state index in [2.05, 4.69) is 11.1 Å². The van der Waals surface area contributed by atoms with E-state index in [4.69, 9.17) is 0 Å². The van der Waals surface area contributed by atoms with E-state index >= 15 is 0 Å². The molecule has 0 saturated heterocycles. The van der Waals surface area contributed by atoms with E-state index in [1.165, 1.54) is 4.88 Å². The molecule has 0 saturated carbocycles. The Morgan fingerprint density at radius 1 is 1.33 bits per heavy atom. The van der Waals surface area contributed by atoms with Crippen molar-refractivity contribution in [3.63, 3.8) is 0 Å². The molecular formula is C9H6LiNS. The second kappa shape index (κ2) is 4.47. The second-order valence-corrected chi connectivity index (χ2v) is 3.04. The fraction of sp³-hybridized carbons (Fsp3) is 0. The first kappa shape index (κ1) is 9.53. The third-order valence-electron chi connectivity index (χ3n) is 1.39. The normalized spacial score (nSPS) is 9.00. The maximum atomic E-state index is 4.21. The van der Waals surface area contributed by atoms with E-state index in [1.54, 1.807) is 17.5 Å². The summed E-state index contributed by atoms with van der Waals surface area (Å²) in [7, 11) is 0. The van der Waals surface area contributed by atoms with Gasteiger partial charge in [0.15, 0.2) is 0 Å². The monoisotopic (exact) mass is 167 g/mol. The van der Waals surface area contributed by atoms with Crippen molar-refractivity contribution in [1.29, 1.82) is 0 Å². The predicted octanol–water partition coefficient (Wildman–Crippen LogP) is -0.386. The zero-order valence-corrected chi connectivity index (χ0v) is 7.64. The van der Waals surface area contributed by atoms with Gasteiger partial charge in [-0.2, -0.15) is 0 Å². The second-order valence-electron chi connectivity index (χ2n) is 2.13. The first-order valence-electron chi connectivity index (χ1n) is 3.33. The maximum absolute atomic E-state index is 4.21. The SMILES string of the molecule is [Li+].[c-]1csc(-c2ccccn2)c1. The van der Waals surface area contributed by atoms with Gasteiger partial charge in [-0.3, -0.25) is 16.3 Å². The van der Waals surface area contributed by atoms with Gasteiger partial charge in [0.2, 0.25) is 0 Å². The Morgan fingerprint density at radius 2 is 2.25 bits per heavy atom. The molecule has 0 amide bonds. The Kier molecular flexibility index (Phi) is 3.55. The van der Waals surface area contributed by atoms with Crippen LogP contribution in [0.5, 0.6) is 0 Å². The van der Waals surface area contributed by atoms with E-state index in [0.717, 1.165) is 5.69 Å². The smallest absolute Gasteiger partial charge is 0.275 e. The average Bonchev–Trinajstić information content (AvgIpc) is 2.58. The molecule has 3 heteroatoms. The van der Waals surface area contributed by atoms with Crippen molar-refractivity contribution in [3.8, 4) is 10.6 Å². The van der Waals surface area contributed by atoms with E-state index in [0.29, 0.717) is 0 Å². The third kappa shape index (κ3) is 1.98. The summed E-state index contributed by atoms with van der Waals surface area (Å²) in [6.07, 6.45) is 1.80. The minimum absolute atomic E-state index is 0. The van der Waals surface area contributed by atoms with Gasteiger partial charge in [0.1, 0.15) is 0 Å². The van der Waals surface area contributed by atoms with Crippen LogP contribution in [0.2, 0.25) is 0 Å². The van der Waals surface area contributed by atoms with Crippen LogP contribution >= 0.6 is 11.3 Å². The van der Waals surface area contributed by atoms with Gasteiger partial charge in [-0.25, -0.2) is 12.1 Å². The van der Waals surface area contributed by atoms with Crippen molar-refractivity contribution in [2.45, 2.75) is 0 Å². The van der Waals surface area contributed by atoms with Crippen molar-refractivity contribution in [1.82, 2.24) is 4.98 Å². The molecule has 0 spiro atoms. The fourth-order valence-electron chi connectivity index (χ4n) is 0.884. The van der Waals surface area contributed by atoms with E-state index in [-0.39, 0.29) is 18.9 Å². The van der Waals surface area contributed by atoms with Gasteiger partial charge in [-0.1, -0.05) is 17.0 Å². The molecule has 0 atom stereocenters. The van der Waals surface area contributed by atoms with E-state index < -0.39 is 0 Å². The minimum atomic E-state index is 0. The summed E-state index contributed by atoms with van der Waals surface area (Å²) < 4.78 is 0. The third-order valence-corrected chi connectivity index (χ3v) is 2.22. The van der Waals surface area contributed by atoms with Gasteiger partial charge in [-0.05, 0) is 11.8 Å². The molecule has 0 aliphatic rings. The van der Waals surface area contributed by atoms with Crippen molar-refractivity contribution in [2.24, 2.45) is 0 Å². The van der Waals surface area contributed by atoms with Crippen LogP contribution in [0.3, 0.4) is 0 Å². The molecular weight excluding hydrogens is 161 g/mol. The zero-order chi connectivity index (χ0) is 7.52. The molecule has 0 aromatic carbocycles. The Hall–Kier alpha value is -0.553. The summed E-state index contributed by atoms with van der Waals surface area (Å²) in [5.41, 5.74) is 1.03. The Bertz CT molecular complexity index is 318. The van der Waals surface area contributed by atoms with Gasteiger partial charge in [-0.15, -0.1) is 5.38 Å². The van der Waals surface area contributed by atoms with Crippen LogP contribution < -0.4 is 18.9 Å². The van der Waals surface area contributed by atoms with Crippen molar-refractivity contribution in [3.05, 3.63) is 41.9 Å². The van der Waals surface area contributed by atoms with Crippen LogP contribution in [-0.4, -0.2) is 4.98 Å². The molecule has 1 nitrogen and oxygen atoms in total. The van der Waals surface area contributed by atoms with Crippen LogP contribution in [0, 0.1) is 6.07 Å². The zero-order valence-electron chi connectivity index (χ0n) is 6.82. The van der Waals surface area contributed by atoms with E-state index in [9.17, 15) is 0 Å². The van der Waals surface area contributed by atoms with Crippen molar-refractivity contribution in [2.75, 3.05) is 0 Å². The molecule has 2 aromatic rings. The number of hydrogen-bond donors (Lipinski definition) is 0. The summed E-state index contributed by atoms with van der Waals surface area (Å²) in [4.78, 5) is 5.38. The summed E-state index contributed by atoms with van der Waals surface area (Å²) in [5, 5.41) is 1.93. The number of thiophene rings is 1. The molecule has 54 valence electrons. The van der Waals surface area contributed by atoms with Crippen molar-refractivity contribution >= 4 is 11.3 Å². The van der Waals surface area contributed by atoms with Gasteiger partial charge in [0.05, 0.1) is 0 Å². The maximum Gasteiger partial charge on any atom is 1.00 e. The van der Waals surface area contributed by atoms with Gasteiger partial charge >= 0.3 is 18.9 Å². The molecule has 0 aliphatic heterocycles. The van der Waals surface area contributed by atoms with Crippen LogP contribution in [0.1, 0.15) is 0 Å². The van der Waals surface area contributed by atoms with Gasteiger partial charge in [0, 0.05) is 6.20 Å². The molecule has 0 aliphatic carbocycles. The molecule has 12 heavy (non-hydrogen) atoms. The summed E-state index contributed by atoms with van der Waals surface area (Å²) in [5.74, 6) is 0. The minimum Gasteiger partial charge on any atom is -0.275 e. The molecule has 0 fully saturated rings. The summed E-state index contributed by atoms with van der Waals surface area (Å²) in [6, 6.07) is 10.9. The molecule has 2 rings (SSSR count). The first-order valence-corrected chi connectivity index (χ1v) is 4.21. The largest absolute Gasteiger partial charge is 1.00 e. The fourth-order valence-corrected chi connectivity index (χ4v) is 1.52.